The van der Waals surface area contributed by atoms with Crippen LogP contribution in [0.5, 0.6) is 0 Å². The standard InChI is InChI=1S/C14H22N2O3/c1-9(2)11-12(18-3)16-14(13(15-11)19-4)8-6-5-7-10(14)17/h5,7,9-11,17H,6,8H2,1-4H3/t10-,11+,14-/m0/s1. The van der Waals surface area contributed by atoms with Crippen LogP contribution in [-0.4, -0.2) is 48.8 Å². The molecule has 0 unspecified atom stereocenters. The van der Waals surface area contributed by atoms with Crippen molar-refractivity contribution in [2.45, 2.75) is 44.4 Å². The van der Waals surface area contributed by atoms with Gasteiger partial charge in [-0.2, -0.15) is 0 Å². The quantitative estimate of drug-likeness (QED) is 0.733. The lowest BCUT2D eigenvalue weighted by atomic mass is 9.82. The Morgan fingerprint density at radius 3 is 2.63 bits per heavy atom. The molecule has 0 radical (unpaired) electrons. The number of hydrogen-bond donors (Lipinski definition) is 1. The number of allylic oxidation sites excluding steroid dienone is 1. The first-order chi connectivity index (χ1) is 9.05. The van der Waals surface area contributed by atoms with Crippen molar-refractivity contribution in [3.8, 4) is 0 Å². The van der Waals surface area contributed by atoms with Crippen LogP contribution < -0.4 is 0 Å². The topological polar surface area (TPSA) is 63.4 Å². The Kier molecular flexibility index (Phi) is 3.94. The van der Waals surface area contributed by atoms with Crippen molar-refractivity contribution < 1.29 is 14.6 Å². The van der Waals surface area contributed by atoms with Crippen LogP contribution in [0.15, 0.2) is 22.1 Å². The van der Waals surface area contributed by atoms with Gasteiger partial charge in [0, 0.05) is 0 Å². The molecule has 106 valence electrons. The second-order valence-electron chi connectivity index (χ2n) is 5.32. The van der Waals surface area contributed by atoms with Crippen molar-refractivity contribution in [1.82, 2.24) is 0 Å². The summed E-state index contributed by atoms with van der Waals surface area (Å²) in [6.45, 7) is 4.12. The Morgan fingerprint density at radius 2 is 2.11 bits per heavy atom. The summed E-state index contributed by atoms with van der Waals surface area (Å²) < 4.78 is 10.8. The number of methoxy groups -OCH3 is 2. The lowest BCUT2D eigenvalue weighted by Gasteiger charge is -2.39. The van der Waals surface area contributed by atoms with E-state index in [4.69, 9.17) is 9.47 Å². The number of rotatable bonds is 1. The Labute approximate surface area is 114 Å². The molecule has 1 N–H and O–H groups in total. The molecule has 0 saturated heterocycles. The minimum atomic E-state index is -0.819. The highest BCUT2D eigenvalue weighted by Crippen LogP contribution is 2.34. The molecule has 1 aliphatic carbocycles. The molecule has 19 heavy (non-hydrogen) atoms. The molecule has 0 amide bonds. The van der Waals surface area contributed by atoms with Gasteiger partial charge in [0.1, 0.15) is 12.1 Å². The van der Waals surface area contributed by atoms with E-state index >= 15 is 0 Å². The first-order valence-corrected chi connectivity index (χ1v) is 6.66. The zero-order chi connectivity index (χ0) is 14.0. The average Bonchev–Trinajstić information content (AvgIpc) is 2.41. The SMILES string of the molecule is COC1=N[C@]2(CCC=C[C@@H]2O)C(OC)=N[C@@H]1C(C)C. The van der Waals surface area contributed by atoms with Crippen LogP contribution in [0.3, 0.4) is 0 Å². The Hall–Kier alpha value is -1.36. The molecule has 0 aromatic heterocycles. The molecule has 0 fully saturated rings. The smallest absolute Gasteiger partial charge is 0.215 e. The van der Waals surface area contributed by atoms with Crippen molar-refractivity contribution in [3.05, 3.63) is 12.2 Å². The van der Waals surface area contributed by atoms with E-state index < -0.39 is 11.6 Å². The van der Waals surface area contributed by atoms with E-state index in [-0.39, 0.29) is 12.0 Å². The molecule has 0 bridgehead atoms. The van der Waals surface area contributed by atoms with Crippen LogP contribution >= 0.6 is 0 Å². The fraction of sp³-hybridized carbons (Fsp3) is 0.714. The van der Waals surface area contributed by atoms with Crippen LogP contribution in [0.25, 0.3) is 0 Å². The molecular weight excluding hydrogens is 244 g/mol. The predicted molar refractivity (Wildman–Crippen MR) is 74.6 cm³/mol. The van der Waals surface area contributed by atoms with Gasteiger partial charge in [-0.1, -0.05) is 26.0 Å². The van der Waals surface area contributed by atoms with Crippen LogP contribution in [0.4, 0.5) is 0 Å². The van der Waals surface area contributed by atoms with E-state index in [1.165, 1.54) is 0 Å². The number of hydrogen-bond acceptors (Lipinski definition) is 5. The van der Waals surface area contributed by atoms with Gasteiger partial charge in [0.2, 0.25) is 11.8 Å². The van der Waals surface area contributed by atoms with E-state index in [0.717, 1.165) is 6.42 Å². The summed E-state index contributed by atoms with van der Waals surface area (Å²) in [6, 6.07) is -0.149. The third kappa shape index (κ3) is 2.27. The number of nitrogens with zero attached hydrogens (tertiary/aromatic N) is 2. The molecule has 5 nitrogen and oxygen atoms in total. The molecule has 1 spiro atoms. The molecule has 0 saturated carbocycles. The molecule has 2 rings (SSSR count). The number of aliphatic hydroxyl groups is 1. The van der Waals surface area contributed by atoms with Crippen LogP contribution in [-0.2, 0) is 9.47 Å². The van der Waals surface area contributed by atoms with Crippen molar-refractivity contribution in [2.24, 2.45) is 15.9 Å². The summed E-state index contributed by atoms with van der Waals surface area (Å²) in [6.07, 6.45) is 4.50. The first-order valence-electron chi connectivity index (χ1n) is 6.66. The maximum Gasteiger partial charge on any atom is 0.215 e. The number of ether oxygens (including phenoxy) is 2. The summed E-state index contributed by atoms with van der Waals surface area (Å²) in [4.78, 5) is 9.29. The van der Waals surface area contributed by atoms with E-state index in [2.05, 4.69) is 23.8 Å². The van der Waals surface area contributed by atoms with E-state index in [1.807, 2.05) is 6.08 Å². The summed E-state index contributed by atoms with van der Waals surface area (Å²) in [5, 5.41) is 10.3. The second-order valence-corrected chi connectivity index (χ2v) is 5.32. The van der Waals surface area contributed by atoms with E-state index in [9.17, 15) is 5.11 Å². The predicted octanol–water partition coefficient (Wildman–Crippen LogP) is 1.56. The van der Waals surface area contributed by atoms with Crippen molar-refractivity contribution in [3.63, 3.8) is 0 Å². The van der Waals surface area contributed by atoms with Gasteiger partial charge in [-0.25, -0.2) is 9.98 Å². The number of aliphatic hydroxyl groups excluding tert-OH is 1. The minimum Gasteiger partial charge on any atom is -0.483 e. The third-order valence-electron chi connectivity index (χ3n) is 3.72. The maximum atomic E-state index is 10.3. The molecule has 0 aromatic rings. The average molecular weight is 266 g/mol. The molecule has 1 aliphatic heterocycles. The van der Waals surface area contributed by atoms with Crippen LogP contribution in [0, 0.1) is 5.92 Å². The van der Waals surface area contributed by atoms with Gasteiger partial charge in [0.05, 0.1) is 14.2 Å². The maximum absolute atomic E-state index is 10.3. The van der Waals surface area contributed by atoms with Crippen LogP contribution in [0.2, 0.25) is 0 Å². The normalized spacial score (nSPS) is 34.2. The minimum absolute atomic E-state index is 0.149. The summed E-state index contributed by atoms with van der Waals surface area (Å²) >= 11 is 0. The van der Waals surface area contributed by atoms with Gasteiger partial charge in [0.15, 0.2) is 5.54 Å². The van der Waals surface area contributed by atoms with Crippen molar-refractivity contribution in [2.75, 3.05) is 14.2 Å². The van der Waals surface area contributed by atoms with Crippen molar-refractivity contribution in [1.29, 1.82) is 0 Å². The van der Waals surface area contributed by atoms with Crippen molar-refractivity contribution >= 4 is 11.8 Å². The largest absolute Gasteiger partial charge is 0.483 e. The summed E-state index contributed by atoms with van der Waals surface area (Å²) in [5.41, 5.74) is -0.819. The molecule has 5 heteroatoms. The van der Waals surface area contributed by atoms with Gasteiger partial charge >= 0.3 is 0 Å². The lowest BCUT2D eigenvalue weighted by molar-refractivity contribution is 0.131. The number of aliphatic imine (C=N–C) groups is 2. The lowest BCUT2D eigenvalue weighted by Crippen LogP contribution is -2.54. The zero-order valence-corrected chi connectivity index (χ0v) is 12.0. The van der Waals surface area contributed by atoms with Gasteiger partial charge in [-0.3, -0.25) is 0 Å². The fourth-order valence-electron chi connectivity index (χ4n) is 2.63. The van der Waals surface area contributed by atoms with Gasteiger partial charge in [-0.05, 0) is 18.8 Å². The molecule has 2 aliphatic rings. The first kappa shape index (κ1) is 14.1. The fourth-order valence-corrected chi connectivity index (χ4v) is 2.63. The van der Waals surface area contributed by atoms with Gasteiger partial charge < -0.3 is 14.6 Å². The Bertz CT molecular complexity index is 428. The van der Waals surface area contributed by atoms with E-state index in [1.54, 1.807) is 20.3 Å². The monoisotopic (exact) mass is 266 g/mol. The zero-order valence-electron chi connectivity index (χ0n) is 12.0. The highest BCUT2D eigenvalue weighted by molar-refractivity contribution is 5.97. The molecular formula is C14H22N2O3. The second kappa shape index (κ2) is 5.33. The molecule has 1 heterocycles. The molecule has 0 aromatic carbocycles. The Morgan fingerprint density at radius 1 is 1.37 bits per heavy atom. The van der Waals surface area contributed by atoms with Gasteiger partial charge in [-0.15, -0.1) is 0 Å². The summed E-state index contributed by atoms with van der Waals surface area (Å²) in [5.74, 6) is 1.34. The van der Waals surface area contributed by atoms with E-state index in [0.29, 0.717) is 18.2 Å². The van der Waals surface area contributed by atoms with Gasteiger partial charge in [0.25, 0.3) is 0 Å². The molecule has 3 atom stereocenters. The third-order valence-corrected chi connectivity index (χ3v) is 3.72. The highest BCUT2D eigenvalue weighted by Gasteiger charge is 2.48. The Balaban J connectivity index is 2.46. The van der Waals surface area contributed by atoms with Crippen LogP contribution in [0.1, 0.15) is 26.7 Å². The highest BCUT2D eigenvalue weighted by atomic mass is 16.5. The summed E-state index contributed by atoms with van der Waals surface area (Å²) in [7, 11) is 3.18.